The molecule has 2 atom stereocenters. The number of rotatable bonds is 4. The summed E-state index contributed by atoms with van der Waals surface area (Å²) in [6.07, 6.45) is 0.0874. The van der Waals surface area contributed by atoms with Gasteiger partial charge in [-0.1, -0.05) is 61.9 Å². The Morgan fingerprint density at radius 3 is 2.38 bits per heavy atom. The average Bonchev–Trinajstić information content (AvgIpc) is 2.92. The van der Waals surface area contributed by atoms with E-state index in [1.165, 1.54) is 0 Å². The van der Waals surface area contributed by atoms with Crippen LogP contribution in [-0.2, 0) is 16.4 Å². The fraction of sp³-hybridized carbons (Fsp3) is 0.400. The summed E-state index contributed by atoms with van der Waals surface area (Å²) in [6.45, 7) is 6.52. The summed E-state index contributed by atoms with van der Waals surface area (Å²) >= 11 is 0. The lowest BCUT2D eigenvalue weighted by Crippen LogP contribution is -2.37. The van der Waals surface area contributed by atoms with Crippen molar-refractivity contribution >= 4 is 10.0 Å². The van der Waals surface area contributed by atoms with E-state index in [1.807, 2.05) is 49.4 Å². The molecule has 1 aliphatic heterocycles. The smallest absolute Gasteiger partial charge is 0.207 e. The maximum absolute atomic E-state index is 13.2. The molecule has 0 aromatic heterocycles. The van der Waals surface area contributed by atoms with Crippen LogP contribution >= 0.6 is 0 Å². The first kappa shape index (κ1) is 15.9. The SMILES string of the molecule is [2H][C@H](c1ccccc1)[C@H]1CC(C)(C)CN1S(=O)(=O)c1ccc(C)cc1. The molecule has 24 heavy (non-hydrogen) atoms. The lowest BCUT2D eigenvalue weighted by Gasteiger charge is -2.24. The Balaban J connectivity index is 1.98. The molecule has 0 saturated carbocycles. The minimum Gasteiger partial charge on any atom is -0.207 e. The minimum atomic E-state index is -3.62. The van der Waals surface area contributed by atoms with Crippen molar-refractivity contribution in [2.75, 3.05) is 6.54 Å². The minimum absolute atomic E-state index is 0.142. The van der Waals surface area contributed by atoms with Gasteiger partial charge in [0.15, 0.2) is 0 Å². The van der Waals surface area contributed by atoms with Crippen LogP contribution in [-0.4, -0.2) is 25.3 Å². The maximum Gasteiger partial charge on any atom is 0.243 e. The average molecular weight is 344 g/mol. The van der Waals surface area contributed by atoms with Gasteiger partial charge < -0.3 is 0 Å². The third kappa shape index (κ3) is 3.55. The Kier molecular flexibility index (Phi) is 4.19. The van der Waals surface area contributed by atoms with Crippen LogP contribution in [0.15, 0.2) is 59.5 Å². The van der Waals surface area contributed by atoms with Crippen molar-refractivity contribution in [2.24, 2.45) is 5.41 Å². The van der Waals surface area contributed by atoms with E-state index in [4.69, 9.17) is 1.37 Å². The number of sulfonamides is 1. The Labute approximate surface area is 146 Å². The fourth-order valence-electron chi connectivity index (χ4n) is 3.31. The van der Waals surface area contributed by atoms with Gasteiger partial charge in [0.25, 0.3) is 0 Å². The van der Waals surface area contributed by atoms with Crippen molar-refractivity contribution in [2.45, 2.75) is 44.5 Å². The molecule has 3 nitrogen and oxygen atoms in total. The molecule has 1 fully saturated rings. The van der Waals surface area contributed by atoms with Crippen LogP contribution in [0.4, 0.5) is 0 Å². The van der Waals surface area contributed by atoms with Crippen molar-refractivity contribution < 1.29 is 9.79 Å². The summed E-state index contributed by atoms with van der Waals surface area (Å²) in [5.74, 6) is 0. The van der Waals surface area contributed by atoms with Crippen LogP contribution < -0.4 is 0 Å². The van der Waals surface area contributed by atoms with Gasteiger partial charge >= 0.3 is 0 Å². The zero-order valence-electron chi connectivity index (χ0n) is 15.4. The standard InChI is InChI=1S/C20H25NO2S/c1-16-9-11-19(12-10-16)24(22,23)21-15-20(2,3)14-18(21)13-17-7-5-4-6-8-17/h4-12,18H,13-15H2,1-3H3/t18-/m0/s1/i13D/t13-,18+/m1. The van der Waals surface area contributed by atoms with E-state index in [-0.39, 0.29) is 11.5 Å². The second-order valence-electron chi connectivity index (χ2n) is 7.38. The second kappa shape index (κ2) is 6.34. The molecule has 0 amide bonds. The summed E-state index contributed by atoms with van der Waals surface area (Å²) in [6, 6.07) is 16.1. The van der Waals surface area contributed by atoms with Crippen LogP contribution in [0.5, 0.6) is 0 Å². The Morgan fingerprint density at radius 2 is 1.75 bits per heavy atom. The van der Waals surface area contributed by atoms with Gasteiger partial charge in [-0.3, -0.25) is 0 Å². The number of hydrogen-bond acceptors (Lipinski definition) is 2. The number of hydrogen-bond donors (Lipinski definition) is 0. The highest BCUT2D eigenvalue weighted by atomic mass is 32.2. The lowest BCUT2D eigenvalue weighted by atomic mass is 9.89. The van der Waals surface area contributed by atoms with Crippen LogP contribution in [0, 0.1) is 12.3 Å². The van der Waals surface area contributed by atoms with E-state index in [2.05, 4.69) is 13.8 Å². The van der Waals surface area contributed by atoms with E-state index in [9.17, 15) is 8.42 Å². The molecule has 2 aromatic rings. The number of aryl methyl sites for hydroxylation is 1. The molecular formula is C20H25NO2S. The van der Waals surface area contributed by atoms with E-state index < -0.39 is 16.4 Å². The van der Waals surface area contributed by atoms with Gasteiger partial charge in [-0.05, 0) is 42.9 Å². The molecule has 0 unspecified atom stereocenters. The van der Waals surface area contributed by atoms with Crippen molar-refractivity contribution in [3.8, 4) is 0 Å². The first-order valence-corrected chi connectivity index (χ1v) is 9.70. The predicted molar refractivity (Wildman–Crippen MR) is 97.4 cm³/mol. The quantitative estimate of drug-likeness (QED) is 0.840. The molecule has 0 radical (unpaired) electrons. The van der Waals surface area contributed by atoms with Crippen molar-refractivity contribution in [3.63, 3.8) is 0 Å². The van der Waals surface area contributed by atoms with Gasteiger partial charge in [0.1, 0.15) is 0 Å². The summed E-state index contributed by atoms with van der Waals surface area (Å²) in [7, 11) is -3.62. The van der Waals surface area contributed by atoms with Gasteiger partial charge in [0.05, 0.1) is 4.90 Å². The molecule has 0 spiro atoms. The van der Waals surface area contributed by atoms with Crippen LogP contribution in [0.25, 0.3) is 0 Å². The lowest BCUT2D eigenvalue weighted by molar-refractivity contribution is 0.366. The topological polar surface area (TPSA) is 37.4 Å². The number of nitrogens with zero attached hydrogens (tertiary/aromatic N) is 1. The zero-order valence-corrected chi connectivity index (χ0v) is 15.3. The van der Waals surface area contributed by atoms with Gasteiger partial charge in [-0.15, -0.1) is 0 Å². The zero-order chi connectivity index (χ0) is 18.2. The summed E-state index contributed by atoms with van der Waals surface area (Å²) in [5.41, 5.74) is 1.74. The van der Waals surface area contributed by atoms with Gasteiger partial charge in [-0.25, -0.2) is 8.42 Å². The second-order valence-corrected chi connectivity index (χ2v) is 9.27. The van der Waals surface area contributed by atoms with Crippen molar-refractivity contribution in [3.05, 3.63) is 65.7 Å². The van der Waals surface area contributed by atoms with Gasteiger partial charge in [0.2, 0.25) is 10.0 Å². The van der Waals surface area contributed by atoms with Gasteiger partial charge in [0, 0.05) is 14.0 Å². The molecule has 4 heteroatoms. The van der Waals surface area contributed by atoms with E-state index in [1.54, 1.807) is 16.4 Å². The maximum atomic E-state index is 13.2. The highest BCUT2D eigenvalue weighted by Crippen LogP contribution is 2.38. The third-order valence-electron chi connectivity index (χ3n) is 4.53. The van der Waals surface area contributed by atoms with Crippen LogP contribution in [0.1, 0.15) is 32.8 Å². The monoisotopic (exact) mass is 344 g/mol. The van der Waals surface area contributed by atoms with E-state index in [0.717, 1.165) is 11.1 Å². The normalized spacial score (nSPS) is 23.0. The molecule has 0 N–H and O–H groups in total. The first-order valence-electron chi connectivity index (χ1n) is 8.84. The van der Waals surface area contributed by atoms with Crippen molar-refractivity contribution in [1.82, 2.24) is 4.31 Å². The molecule has 3 rings (SSSR count). The highest BCUT2D eigenvalue weighted by molar-refractivity contribution is 7.89. The Morgan fingerprint density at radius 1 is 1.12 bits per heavy atom. The molecule has 1 heterocycles. The van der Waals surface area contributed by atoms with Gasteiger partial charge in [-0.2, -0.15) is 4.31 Å². The molecule has 0 aliphatic carbocycles. The highest BCUT2D eigenvalue weighted by Gasteiger charge is 2.43. The summed E-state index contributed by atoms with van der Waals surface area (Å²) in [4.78, 5) is 0.307. The molecule has 1 aliphatic rings. The molecule has 0 bridgehead atoms. The Bertz CT molecular complexity index is 832. The summed E-state index contributed by atoms with van der Waals surface area (Å²) in [5, 5.41) is 0. The van der Waals surface area contributed by atoms with E-state index >= 15 is 0 Å². The third-order valence-corrected chi connectivity index (χ3v) is 6.41. The van der Waals surface area contributed by atoms with Crippen molar-refractivity contribution in [1.29, 1.82) is 0 Å². The molecule has 1 saturated heterocycles. The Hall–Kier alpha value is -1.65. The number of benzene rings is 2. The largest absolute Gasteiger partial charge is 0.243 e. The predicted octanol–water partition coefficient (Wildman–Crippen LogP) is 4.03. The van der Waals surface area contributed by atoms with Crippen LogP contribution in [0.2, 0.25) is 0 Å². The molecule has 128 valence electrons. The summed E-state index contributed by atoms with van der Waals surface area (Å²) < 4.78 is 36.7. The van der Waals surface area contributed by atoms with E-state index in [0.29, 0.717) is 17.9 Å². The first-order chi connectivity index (χ1) is 11.7. The fourth-order valence-corrected chi connectivity index (χ4v) is 5.07. The molecule has 2 aromatic carbocycles. The molecular weight excluding hydrogens is 318 g/mol. The van der Waals surface area contributed by atoms with Crippen LogP contribution in [0.3, 0.4) is 0 Å².